The Labute approximate surface area is 285 Å². The zero-order valence-electron chi connectivity index (χ0n) is 27.3. The molecule has 0 radical (unpaired) electrons. The number of hydrogen-bond donors (Lipinski definition) is 0. The molecule has 0 fully saturated rings. The Morgan fingerprint density at radius 3 is 2.12 bits per heavy atom. The van der Waals surface area contributed by atoms with Crippen LogP contribution >= 0.6 is 11.8 Å². The van der Waals surface area contributed by atoms with Crippen molar-refractivity contribution in [3.8, 4) is 33.4 Å². The maximum Gasteiger partial charge on any atom is 0.332 e. The Bertz CT molecular complexity index is 2680. The smallest absolute Gasteiger partial charge is 0.332 e. The zero-order chi connectivity index (χ0) is 31.8. The lowest BCUT2D eigenvalue weighted by molar-refractivity contribution is 0.632. The number of fused-ring (bicyclic) bond motifs is 15. The lowest BCUT2D eigenvalue weighted by Crippen LogP contribution is -2.58. The van der Waals surface area contributed by atoms with E-state index in [4.69, 9.17) is 0 Å². The Kier molecular flexibility index (Phi) is 4.45. The molecule has 48 heavy (non-hydrogen) atoms. The first-order chi connectivity index (χ1) is 23.4. The van der Waals surface area contributed by atoms with E-state index in [0.717, 1.165) is 0 Å². The van der Waals surface area contributed by atoms with E-state index in [2.05, 4.69) is 152 Å². The Balaban J connectivity index is 1.32. The third kappa shape index (κ3) is 2.71. The fourth-order valence-electron chi connectivity index (χ4n) is 10.5. The molecule has 0 amide bonds. The van der Waals surface area contributed by atoms with Gasteiger partial charge >= 0.3 is 6.85 Å². The van der Waals surface area contributed by atoms with Crippen molar-refractivity contribution in [2.45, 2.75) is 48.3 Å². The Morgan fingerprint density at radius 2 is 1.27 bits per heavy atom. The molecule has 1 aromatic heterocycles. The molecule has 0 atom stereocenters. The molecule has 7 aromatic rings. The van der Waals surface area contributed by atoms with Crippen LogP contribution in [0.4, 0.5) is 17.1 Å². The van der Waals surface area contributed by atoms with Crippen LogP contribution in [0, 0.1) is 0 Å². The molecule has 6 aromatic carbocycles. The fraction of sp³-hybridized carbons (Fsp3) is 0.136. The molecule has 5 aliphatic rings. The van der Waals surface area contributed by atoms with E-state index < -0.39 is 0 Å². The number of hydrogen-bond acceptors (Lipinski definition) is 2. The minimum Gasteiger partial charge on any atom is -0.378 e. The predicted octanol–water partition coefficient (Wildman–Crippen LogP) is 10.1. The van der Waals surface area contributed by atoms with Gasteiger partial charge in [0.05, 0.1) is 11.4 Å². The summed E-state index contributed by atoms with van der Waals surface area (Å²) in [4.78, 5) is 5.33. The molecule has 0 spiro atoms. The van der Waals surface area contributed by atoms with E-state index in [9.17, 15) is 0 Å². The van der Waals surface area contributed by atoms with Crippen molar-refractivity contribution in [3.63, 3.8) is 0 Å². The Morgan fingerprint density at radius 1 is 0.583 bits per heavy atom. The van der Waals surface area contributed by atoms with E-state index in [1.807, 2.05) is 11.8 Å². The van der Waals surface area contributed by atoms with E-state index in [0.29, 0.717) is 0 Å². The second-order valence-electron chi connectivity index (χ2n) is 15.2. The molecule has 0 unspecified atom stereocenters. The molecule has 3 aliphatic heterocycles. The zero-order valence-corrected chi connectivity index (χ0v) is 28.2. The van der Waals surface area contributed by atoms with E-state index in [1.54, 1.807) is 0 Å². The first kappa shape index (κ1) is 26.1. The van der Waals surface area contributed by atoms with Crippen LogP contribution in [0.1, 0.15) is 50.1 Å². The van der Waals surface area contributed by atoms with Crippen LogP contribution in [0.15, 0.2) is 125 Å². The van der Waals surface area contributed by atoms with Gasteiger partial charge in [-0.05, 0) is 74.1 Å². The molecular formula is C44H31BN2S. The van der Waals surface area contributed by atoms with E-state index in [-0.39, 0.29) is 17.7 Å². The molecule has 12 rings (SSSR count). The van der Waals surface area contributed by atoms with Crippen LogP contribution in [0.2, 0.25) is 0 Å². The van der Waals surface area contributed by atoms with Gasteiger partial charge in [-0.25, -0.2) is 0 Å². The number of nitrogens with zero attached hydrogens (tertiary/aromatic N) is 2. The average Bonchev–Trinajstić information content (AvgIpc) is 3.66. The highest BCUT2D eigenvalue weighted by atomic mass is 32.2. The van der Waals surface area contributed by atoms with Crippen LogP contribution in [-0.4, -0.2) is 11.3 Å². The number of benzene rings is 6. The molecule has 0 N–H and O–H groups in total. The van der Waals surface area contributed by atoms with Gasteiger partial charge in [-0.15, -0.1) is 0 Å². The standard InChI is InChI=1S/C44H31BN2S/c1-43(2)30-17-7-5-13-24(30)28-23-29-25-15-11-16-27-36-26-14-6-8-18-31(26)44(3,4)42(36)47(39(25)27)45-32-19-12-22-35-40(32)46(41(37(28)43)38(29)45)33-20-9-10-21-34(33)48-35/h5-23H,1-4H3. The summed E-state index contributed by atoms with van der Waals surface area (Å²) in [5.74, 6) is 0. The average molecular weight is 631 g/mol. The van der Waals surface area contributed by atoms with Crippen molar-refractivity contribution in [1.82, 2.24) is 4.48 Å². The summed E-state index contributed by atoms with van der Waals surface area (Å²) in [5.41, 5.74) is 22.0. The third-order valence-electron chi connectivity index (χ3n) is 12.3. The van der Waals surface area contributed by atoms with Gasteiger partial charge in [0.2, 0.25) is 0 Å². The van der Waals surface area contributed by atoms with Gasteiger partial charge in [0.1, 0.15) is 0 Å². The summed E-state index contributed by atoms with van der Waals surface area (Å²) in [5, 5.41) is 1.38. The molecule has 2 nitrogen and oxygen atoms in total. The quantitative estimate of drug-likeness (QED) is 0.154. The SMILES string of the molecule is CC1(C)c2ccccc2-c2cc3c4c(c21)N1c2ccccc2Sc2cccc(c21)B4n1c2c(c4cccc-3c41)-c1ccccc1C2(C)C. The van der Waals surface area contributed by atoms with E-state index >= 15 is 0 Å². The van der Waals surface area contributed by atoms with Crippen molar-refractivity contribution in [3.05, 3.63) is 138 Å². The van der Waals surface area contributed by atoms with Crippen molar-refractivity contribution >= 4 is 57.5 Å². The highest BCUT2D eigenvalue weighted by molar-refractivity contribution is 7.99. The normalized spacial score (nSPS) is 16.9. The fourth-order valence-corrected chi connectivity index (χ4v) is 11.6. The maximum atomic E-state index is 2.80. The van der Waals surface area contributed by atoms with Gasteiger partial charge in [-0.2, -0.15) is 0 Å². The third-order valence-corrected chi connectivity index (χ3v) is 13.4. The molecular weight excluding hydrogens is 599 g/mol. The number of rotatable bonds is 0. The van der Waals surface area contributed by atoms with Crippen LogP contribution < -0.4 is 15.8 Å². The minimum absolute atomic E-state index is 0.0617. The minimum atomic E-state index is -0.159. The molecule has 0 bridgehead atoms. The first-order valence-electron chi connectivity index (χ1n) is 17.2. The lowest BCUT2D eigenvalue weighted by atomic mass is 9.44. The molecule has 4 heterocycles. The van der Waals surface area contributed by atoms with Crippen LogP contribution in [-0.2, 0) is 10.8 Å². The largest absolute Gasteiger partial charge is 0.378 e. The summed E-state index contributed by atoms with van der Waals surface area (Å²) < 4.78 is 2.80. The second-order valence-corrected chi connectivity index (χ2v) is 16.3. The highest BCUT2D eigenvalue weighted by Gasteiger charge is 2.52. The van der Waals surface area contributed by atoms with Gasteiger partial charge in [0.15, 0.2) is 0 Å². The van der Waals surface area contributed by atoms with Crippen molar-refractivity contribution in [1.29, 1.82) is 0 Å². The number of anilines is 3. The van der Waals surface area contributed by atoms with Gasteiger partial charge in [-0.3, -0.25) is 0 Å². The van der Waals surface area contributed by atoms with Crippen LogP contribution in [0.5, 0.6) is 0 Å². The van der Waals surface area contributed by atoms with Crippen LogP contribution in [0.25, 0.3) is 44.3 Å². The van der Waals surface area contributed by atoms with Crippen LogP contribution in [0.3, 0.4) is 0 Å². The van der Waals surface area contributed by atoms with Gasteiger partial charge in [-0.1, -0.05) is 130 Å². The predicted molar refractivity (Wildman–Crippen MR) is 202 cm³/mol. The van der Waals surface area contributed by atoms with E-state index in [1.165, 1.54) is 104 Å². The summed E-state index contributed by atoms with van der Waals surface area (Å²) >= 11 is 1.92. The van der Waals surface area contributed by atoms with Crippen molar-refractivity contribution < 1.29 is 0 Å². The monoisotopic (exact) mass is 630 g/mol. The summed E-state index contributed by atoms with van der Waals surface area (Å²) in [6.45, 7) is 9.85. The summed E-state index contributed by atoms with van der Waals surface area (Å²) in [6, 6.07) is 44.0. The molecule has 0 saturated carbocycles. The second kappa shape index (κ2) is 8.19. The van der Waals surface area contributed by atoms with Gasteiger partial charge < -0.3 is 9.38 Å². The number of aromatic nitrogens is 1. The first-order valence-corrected chi connectivity index (χ1v) is 18.0. The van der Waals surface area contributed by atoms with Crippen molar-refractivity contribution in [2.24, 2.45) is 0 Å². The van der Waals surface area contributed by atoms with Gasteiger partial charge in [0.25, 0.3) is 0 Å². The lowest BCUT2D eigenvalue weighted by Gasteiger charge is -2.46. The maximum absolute atomic E-state index is 2.80. The highest BCUT2D eigenvalue weighted by Crippen LogP contribution is 2.61. The molecule has 2 aliphatic carbocycles. The number of para-hydroxylation sites is 3. The topological polar surface area (TPSA) is 8.17 Å². The summed E-state index contributed by atoms with van der Waals surface area (Å²) in [6.07, 6.45) is 0. The Hall–Kier alpha value is -4.93. The molecule has 226 valence electrons. The van der Waals surface area contributed by atoms with Crippen molar-refractivity contribution in [2.75, 3.05) is 4.90 Å². The van der Waals surface area contributed by atoms with Gasteiger partial charge in [0, 0.05) is 54.0 Å². The summed E-state index contributed by atoms with van der Waals surface area (Å²) in [7, 11) is 0. The molecule has 0 saturated heterocycles. The molecule has 4 heteroatoms.